The second-order valence-electron chi connectivity index (χ2n) is 6.32. The average Bonchev–Trinajstić information content (AvgIpc) is 2.93. The molecule has 0 saturated carbocycles. The Morgan fingerprint density at radius 3 is 2.95 bits per heavy atom. The number of nitrogens with one attached hydrogen (secondary N) is 1. The van der Waals surface area contributed by atoms with Gasteiger partial charge in [-0.3, -0.25) is 4.90 Å². The predicted octanol–water partition coefficient (Wildman–Crippen LogP) is 2.14. The molecule has 21 heavy (non-hydrogen) atoms. The van der Waals surface area contributed by atoms with Gasteiger partial charge in [0.25, 0.3) is 0 Å². The Kier molecular flexibility index (Phi) is 4.29. The monoisotopic (exact) mass is 289 g/mol. The summed E-state index contributed by atoms with van der Waals surface area (Å²) >= 11 is 0. The van der Waals surface area contributed by atoms with E-state index in [0.29, 0.717) is 12.1 Å². The van der Waals surface area contributed by atoms with E-state index in [1.807, 2.05) is 7.05 Å². The summed E-state index contributed by atoms with van der Waals surface area (Å²) in [7, 11) is 1.93. The summed E-state index contributed by atoms with van der Waals surface area (Å²) in [5.41, 5.74) is 0. The molecule has 1 aromatic rings. The van der Waals surface area contributed by atoms with Gasteiger partial charge in [0.15, 0.2) is 0 Å². The third-order valence-electron chi connectivity index (χ3n) is 4.72. The minimum absolute atomic E-state index is 0.522. The van der Waals surface area contributed by atoms with Gasteiger partial charge >= 0.3 is 0 Å². The van der Waals surface area contributed by atoms with Crippen LogP contribution in [0.4, 0.5) is 11.6 Å². The zero-order valence-corrected chi connectivity index (χ0v) is 13.5. The van der Waals surface area contributed by atoms with Crippen molar-refractivity contribution in [3.8, 4) is 0 Å². The van der Waals surface area contributed by atoms with Crippen LogP contribution in [0.15, 0.2) is 6.07 Å². The van der Waals surface area contributed by atoms with Crippen LogP contribution in [0.25, 0.3) is 0 Å². The molecule has 0 aromatic carbocycles. The Balaban J connectivity index is 1.85. The number of aromatic nitrogens is 2. The number of fused-ring (bicyclic) bond motifs is 1. The Morgan fingerprint density at radius 2 is 2.19 bits per heavy atom. The van der Waals surface area contributed by atoms with Crippen molar-refractivity contribution in [2.75, 3.05) is 36.9 Å². The average molecular weight is 289 g/mol. The van der Waals surface area contributed by atoms with E-state index in [1.54, 1.807) is 0 Å². The van der Waals surface area contributed by atoms with Gasteiger partial charge in [0.2, 0.25) is 0 Å². The molecular weight excluding hydrogens is 262 g/mol. The van der Waals surface area contributed by atoms with E-state index >= 15 is 0 Å². The van der Waals surface area contributed by atoms with Gasteiger partial charge < -0.3 is 10.2 Å². The Hall–Kier alpha value is -1.36. The zero-order chi connectivity index (χ0) is 14.8. The van der Waals surface area contributed by atoms with Crippen LogP contribution in [0.2, 0.25) is 0 Å². The van der Waals surface area contributed by atoms with Gasteiger partial charge in [-0.05, 0) is 32.7 Å². The molecule has 0 amide bonds. The van der Waals surface area contributed by atoms with E-state index in [9.17, 15) is 0 Å². The van der Waals surface area contributed by atoms with Crippen LogP contribution in [-0.4, -0.2) is 53.6 Å². The van der Waals surface area contributed by atoms with Crippen molar-refractivity contribution < 1.29 is 0 Å². The van der Waals surface area contributed by atoms with Crippen molar-refractivity contribution >= 4 is 11.6 Å². The van der Waals surface area contributed by atoms with Crippen molar-refractivity contribution in [3.05, 3.63) is 11.9 Å². The van der Waals surface area contributed by atoms with Gasteiger partial charge in [-0.1, -0.05) is 6.92 Å². The topological polar surface area (TPSA) is 44.3 Å². The third kappa shape index (κ3) is 2.98. The molecule has 2 fully saturated rings. The molecule has 3 heterocycles. The summed E-state index contributed by atoms with van der Waals surface area (Å²) in [6.45, 7) is 8.03. The van der Waals surface area contributed by atoms with Crippen molar-refractivity contribution in [3.63, 3.8) is 0 Å². The lowest BCUT2D eigenvalue weighted by molar-refractivity contribution is 0.202. The molecule has 5 nitrogen and oxygen atoms in total. The van der Waals surface area contributed by atoms with E-state index in [1.165, 1.54) is 19.4 Å². The summed E-state index contributed by atoms with van der Waals surface area (Å²) in [4.78, 5) is 14.5. The molecule has 3 rings (SSSR count). The molecule has 116 valence electrons. The molecule has 2 atom stereocenters. The van der Waals surface area contributed by atoms with Gasteiger partial charge in [-0.25, -0.2) is 9.97 Å². The highest BCUT2D eigenvalue weighted by atomic mass is 15.3. The lowest BCUT2D eigenvalue weighted by Gasteiger charge is -2.43. The fourth-order valence-electron chi connectivity index (χ4n) is 3.60. The molecule has 0 aliphatic carbocycles. The van der Waals surface area contributed by atoms with Crippen molar-refractivity contribution in [1.82, 2.24) is 14.9 Å². The number of aryl methyl sites for hydroxylation is 1. The summed E-state index contributed by atoms with van der Waals surface area (Å²) in [6.07, 6.45) is 4.70. The highest BCUT2D eigenvalue weighted by Gasteiger charge is 2.35. The molecule has 2 aliphatic rings. The standard InChI is InChI=1S/C16H27N5/c1-4-6-14-18-15(17-3)9-16(19-14)21-11-13-7-5-8-20(13)10-12(21)2/h9,12-13H,4-8,10-11H2,1-3H3,(H,17,18,19). The zero-order valence-electron chi connectivity index (χ0n) is 13.5. The van der Waals surface area contributed by atoms with Crippen molar-refractivity contribution in [1.29, 1.82) is 0 Å². The first-order valence-electron chi connectivity index (χ1n) is 8.27. The summed E-state index contributed by atoms with van der Waals surface area (Å²) < 4.78 is 0. The second-order valence-corrected chi connectivity index (χ2v) is 6.32. The van der Waals surface area contributed by atoms with Gasteiger partial charge in [0, 0.05) is 44.7 Å². The molecule has 0 radical (unpaired) electrons. The number of hydrogen-bond acceptors (Lipinski definition) is 5. The maximum absolute atomic E-state index is 4.82. The first kappa shape index (κ1) is 14.6. The van der Waals surface area contributed by atoms with Crippen LogP contribution in [0.5, 0.6) is 0 Å². The lowest BCUT2D eigenvalue weighted by Crippen LogP contribution is -2.55. The lowest BCUT2D eigenvalue weighted by atomic mass is 10.1. The molecule has 1 N–H and O–H groups in total. The smallest absolute Gasteiger partial charge is 0.134 e. The van der Waals surface area contributed by atoms with Crippen molar-refractivity contribution in [2.45, 2.75) is 51.6 Å². The quantitative estimate of drug-likeness (QED) is 0.920. The molecule has 2 unspecified atom stereocenters. The molecule has 0 spiro atoms. The van der Waals surface area contributed by atoms with E-state index in [2.05, 4.69) is 40.0 Å². The highest BCUT2D eigenvalue weighted by Crippen LogP contribution is 2.28. The highest BCUT2D eigenvalue weighted by molar-refractivity contribution is 5.50. The SMILES string of the molecule is CCCc1nc(NC)cc(N2CC3CCCN3CC2C)n1. The Labute approximate surface area is 127 Å². The van der Waals surface area contributed by atoms with Crippen LogP contribution in [0.3, 0.4) is 0 Å². The summed E-state index contributed by atoms with van der Waals surface area (Å²) in [6, 6.07) is 3.33. The van der Waals surface area contributed by atoms with E-state index in [-0.39, 0.29) is 0 Å². The third-order valence-corrected chi connectivity index (χ3v) is 4.72. The van der Waals surface area contributed by atoms with E-state index in [4.69, 9.17) is 4.98 Å². The van der Waals surface area contributed by atoms with Crippen LogP contribution in [-0.2, 0) is 6.42 Å². The molecule has 1 aromatic heterocycles. The van der Waals surface area contributed by atoms with Crippen LogP contribution in [0.1, 0.15) is 38.9 Å². The number of hydrogen-bond donors (Lipinski definition) is 1. The van der Waals surface area contributed by atoms with Gasteiger partial charge in [0.05, 0.1) is 0 Å². The van der Waals surface area contributed by atoms with Crippen LogP contribution >= 0.6 is 0 Å². The number of nitrogens with zero attached hydrogens (tertiary/aromatic N) is 4. The number of piperazine rings is 1. The van der Waals surface area contributed by atoms with Gasteiger partial charge in [-0.15, -0.1) is 0 Å². The van der Waals surface area contributed by atoms with Gasteiger partial charge in [-0.2, -0.15) is 0 Å². The predicted molar refractivity (Wildman–Crippen MR) is 87.0 cm³/mol. The molecule has 5 heteroatoms. The van der Waals surface area contributed by atoms with Gasteiger partial charge in [0.1, 0.15) is 17.5 Å². The maximum Gasteiger partial charge on any atom is 0.134 e. The number of rotatable bonds is 4. The first-order chi connectivity index (χ1) is 10.2. The summed E-state index contributed by atoms with van der Waals surface area (Å²) in [5, 5.41) is 3.18. The second kappa shape index (κ2) is 6.18. The minimum atomic E-state index is 0.522. The molecular formula is C16H27N5. The number of anilines is 2. The molecule has 0 bridgehead atoms. The fraction of sp³-hybridized carbons (Fsp3) is 0.750. The summed E-state index contributed by atoms with van der Waals surface area (Å²) in [5.74, 6) is 2.99. The largest absolute Gasteiger partial charge is 0.373 e. The minimum Gasteiger partial charge on any atom is -0.373 e. The Bertz CT molecular complexity index is 490. The molecule has 2 aliphatic heterocycles. The van der Waals surface area contributed by atoms with Crippen molar-refractivity contribution in [2.24, 2.45) is 0 Å². The Morgan fingerprint density at radius 1 is 1.33 bits per heavy atom. The fourth-order valence-corrected chi connectivity index (χ4v) is 3.60. The van der Waals surface area contributed by atoms with E-state index in [0.717, 1.165) is 43.4 Å². The maximum atomic E-state index is 4.82. The van der Waals surface area contributed by atoms with E-state index < -0.39 is 0 Å². The van der Waals surface area contributed by atoms with Crippen LogP contribution < -0.4 is 10.2 Å². The normalized spacial score (nSPS) is 26.0. The van der Waals surface area contributed by atoms with Crippen LogP contribution in [0, 0.1) is 0 Å². The first-order valence-corrected chi connectivity index (χ1v) is 8.27. The molecule has 2 saturated heterocycles.